The molecular formula is C27H36N2O4. The highest BCUT2D eigenvalue weighted by Crippen LogP contribution is 2.32. The van der Waals surface area contributed by atoms with Crippen molar-refractivity contribution in [3.05, 3.63) is 64.2 Å². The Kier molecular flexibility index (Phi) is 8.75. The number of fused-ring (bicyclic) bond motifs is 1. The van der Waals surface area contributed by atoms with Gasteiger partial charge in [0.1, 0.15) is 0 Å². The molecule has 0 atom stereocenters. The molecule has 0 fully saturated rings. The first-order chi connectivity index (χ1) is 16.0. The molecule has 0 aromatic heterocycles. The summed E-state index contributed by atoms with van der Waals surface area (Å²) in [6.07, 6.45) is 5.14. The highest BCUT2D eigenvalue weighted by molar-refractivity contribution is 5.89. The third-order valence-electron chi connectivity index (χ3n) is 6.14. The number of ether oxygens (including phenoxy) is 2. The minimum atomic E-state index is -0.392. The Morgan fingerprint density at radius 1 is 0.909 bits per heavy atom. The number of methoxy groups -OCH3 is 2. The van der Waals surface area contributed by atoms with Crippen molar-refractivity contribution in [1.82, 2.24) is 4.90 Å². The number of amides is 1. The summed E-state index contributed by atoms with van der Waals surface area (Å²) < 4.78 is 9.97. The monoisotopic (exact) mass is 452 g/mol. The van der Waals surface area contributed by atoms with E-state index in [0.717, 1.165) is 49.9 Å². The lowest BCUT2D eigenvalue weighted by molar-refractivity contribution is 0.0600. The van der Waals surface area contributed by atoms with Gasteiger partial charge in [-0.25, -0.2) is 9.59 Å². The minimum absolute atomic E-state index is 0.343. The first-order valence-electron chi connectivity index (χ1n) is 11.9. The molecule has 0 spiro atoms. The van der Waals surface area contributed by atoms with Gasteiger partial charge >= 0.3 is 12.1 Å². The fourth-order valence-electron chi connectivity index (χ4n) is 4.63. The normalized spacial score (nSPS) is 12.2. The van der Waals surface area contributed by atoms with Crippen LogP contribution in [0.4, 0.5) is 10.5 Å². The van der Waals surface area contributed by atoms with Crippen LogP contribution in [-0.4, -0.2) is 44.3 Å². The van der Waals surface area contributed by atoms with Crippen LogP contribution in [0.3, 0.4) is 0 Å². The zero-order valence-corrected chi connectivity index (χ0v) is 20.4. The van der Waals surface area contributed by atoms with Crippen LogP contribution in [0.1, 0.15) is 65.7 Å². The average molecular weight is 453 g/mol. The number of hydrogen-bond donors (Lipinski definition) is 0. The lowest BCUT2D eigenvalue weighted by atomic mass is 10.0. The van der Waals surface area contributed by atoms with Crippen molar-refractivity contribution in [3.8, 4) is 0 Å². The Morgan fingerprint density at radius 3 is 2.24 bits per heavy atom. The largest absolute Gasteiger partial charge is 0.465 e. The number of aryl methyl sites for hydroxylation is 2. The molecule has 0 saturated carbocycles. The van der Waals surface area contributed by atoms with Gasteiger partial charge in [-0.3, -0.25) is 4.90 Å². The van der Waals surface area contributed by atoms with Crippen molar-refractivity contribution in [2.75, 3.05) is 32.2 Å². The van der Waals surface area contributed by atoms with Crippen LogP contribution in [0.15, 0.2) is 36.4 Å². The highest BCUT2D eigenvalue weighted by atomic mass is 16.5. The van der Waals surface area contributed by atoms with Crippen molar-refractivity contribution in [2.45, 2.75) is 59.0 Å². The van der Waals surface area contributed by atoms with E-state index in [0.29, 0.717) is 18.7 Å². The molecule has 0 N–H and O–H groups in total. The topological polar surface area (TPSA) is 59.1 Å². The van der Waals surface area contributed by atoms with Crippen molar-refractivity contribution < 1.29 is 19.1 Å². The molecule has 1 aliphatic carbocycles. The van der Waals surface area contributed by atoms with Crippen LogP contribution in [0, 0.1) is 0 Å². The van der Waals surface area contributed by atoms with E-state index in [4.69, 9.17) is 9.47 Å². The van der Waals surface area contributed by atoms with Crippen molar-refractivity contribution in [2.24, 2.45) is 0 Å². The van der Waals surface area contributed by atoms with Gasteiger partial charge < -0.3 is 14.4 Å². The maximum absolute atomic E-state index is 12.8. The molecular weight excluding hydrogens is 416 g/mol. The Morgan fingerprint density at radius 2 is 1.61 bits per heavy atom. The summed E-state index contributed by atoms with van der Waals surface area (Å²) in [5.74, 6) is -0.392. The van der Waals surface area contributed by atoms with Crippen LogP contribution >= 0.6 is 0 Å². The van der Waals surface area contributed by atoms with Gasteiger partial charge in [0.2, 0.25) is 0 Å². The molecule has 33 heavy (non-hydrogen) atoms. The minimum Gasteiger partial charge on any atom is -0.465 e. The van der Waals surface area contributed by atoms with Gasteiger partial charge in [-0.15, -0.1) is 0 Å². The van der Waals surface area contributed by atoms with Gasteiger partial charge in [-0.05, 0) is 72.6 Å². The molecule has 1 amide bonds. The molecule has 3 rings (SSSR count). The fraction of sp³-hybridized carbons (Fsp3) is 0.481. The molecule has 2 aromatic carbocycles. The first-order valence-corrected chi connectivity index (χ1v) is 11.9. The summed E-state index contributed by atoms with van der Waals surface area (Å²) in [6, 6.07) is 11.8. The number of esters is 1. The fourth-order valence-corrected chi connectivity index (χ4v) is 4.63. The van der Waals surface area contributed by atoms with Crippen molar-refractivity contribution >= 4 is 17.7 Å². The van der Waals surface area contributed by atoms with Gasteiger partial charge in [0, 0.05) is 25.3 Å². The third kappa shape index (κ3) is 6.06. The second-order valence-electron chi connectivity index (χ2n) is 8.61. The van der Waals surface area contributed by atoms with E-state index in [9.17, 15) is 9.59 Å². The van der Waals surface area contributed by atoms with E-state index in [2.05, 4.69) is 30.9 Å². The molecule has 6 heteroatoms. The standard InChI is InChI=1S/C27H36N2O4/c1-5-13-28(14-6-2)25-17-22-11-8-10-21(22)16-24(25)19-29(27(31)33-4)18-20-9-7-12-23(15-20)26(30)32-3/h7,9,12,15-17H,5-6,8,10-11,13-14,18-19H2,1-4H3. The number of nitrogens with zero attached hydrogens (tertiary/aromatic N) is 2. The van der Waals surface area contributed by atoms with Crippen molar-refractivity contribution in [1.29, 1.82) is 0 Å². The summed E-state index contributed by atoms with van der Waals surface area (Å²) in [6.45, 7) is 7.16. The van der Waals surface area contributed by atoms with E-state index in [1.54, 1.807) is 17.0 Å². The average Bonchev–Trinajstić information content (AvgIpc) is 3.29. The summed E-state index contributed by atoms with van der Waals surface area (Å²) in [7, 11) is 2.77. The number of rotatable bonds is 10. The summed E-state index contributed by atoms with van der Waals surface area (Å²) >= 11 is 0. The van der Waals surface area contributed by atoms with Gasteiger partial charge in [-0.2, -0.15) is 0 Å². The molecule has 6 nitrogen and oxygen atoms in total. The molecule has 0 bridgehead atoms. The summed E-state index contributed by atoms with van der Waals surface area (Å²) in [5, 5.41) is 0. The van der Waals surface area contributed by atoms with E-state index in [-0.39, 0.29) is 6.09 Å². The highest BCUT2D eigenvalue weighted by Gasteiger charge is 2.22. The van der Waals surface area contributed by atoms with E-state index >= 15 is 0 Å². The molecule has 178 valence electrons. The first kappa shape index (κ1) is 24.6. The zero-order valence-electron chi connectivity index (χ0n) is 20.4. The molecule has 0 aliphatic heterocycles. The molecule has 1 aliphatic rings. The number of carbonyl (C=O) groups excluding carboxylic acids is 2. The third-order valence-corrected chi connectivity index (χ3v) is 6.14. The predicted molar refractivity (Wildman–Crippen MR) is 131 cm³/mol. The lowest BCUT2D eigenvalue weighted by Crippen LogP contribution is -2.32. The van der Waals surface area contributed by atoms with Crippen LogP contribution in [-0.2, 0) is 35.4 Å². The molecule has 0 heterocycles. The molecule has 0 radical (unpaired) electrons. The van der Waals surface area contributed by atoms with E-state index in [1.807, 2.05) is 12.1 Å². The van der Waals surface area contributed by atoms with Crippen molar-refractivity contribution in [3.63, 3.8) is 0 Å². The quantitative estimate of drug-likeness (QED) is 0.455. The number of anilines is 1. The SMILES string of the molecule is CCCN(CCC)c1cc2c(cc1CN(Cc1cccc(C(=O)OC)c1)C(=O)OC)CCC2. The maximum Gasteiger partial charge on any atom is 0.410 e. The van der Waals surface area contributed by atoms with Gasteiger partial charge in [-0.1, -0.05) is 32.0 Å². The molecule has 0 unspecified atom stereocenters. The maximum atomic E-state index is 12.8. The van der Waals surface area contributed by atoms with E-state index in [1.165, 1.54) is 37.5 Å². The van der Waals surface area contributed by atoms with Crippen LogP contribution < -0.4 is 4.90 Å². The second-order valence-corrected chi connectivity index (χ2v) is 8.61. The van der Waals surface area contributed by atoms with Crippen LogP contribution in [0.25, 0.3) is 0 Å². The number of hydrogen-bond acceptors (Lipinski definition) is 5. The Bertz CT molecular complexity index is 967. The van der Waals surface area contributed by atoms with E-state index < -0.39 is 5.97 Å². The smallest absolute Gasteiger partial charge is 0.410 e. The summed E-state index contributed by atoms with van der Waals surface area (Å²) in [4.78, 5) is 28.9. The van der Waals surface area contributed by atoms with Gasteiger partial charge in [0.15, 0.2) is 0 Å². The molecule has 0 saturated heterocycles. The lowest BCUT2D eigenvalue weighted by Gasteiger charge is -2.30. The van der Waals surface area contributed by atoms with Crippen LogP contribution in [0.2, 0.25) is 0 Å². The van der Waals surface area contributed by atoms with Crippen LogP contribution in [0.5, 0.6) is 0 Å². The van der Waals surface area contributed by atoms with Gasteiger partial charge in [0.25, 0.3) is 0 Å². The Hall–Kier alpha value is -3.02. The predicted octanol–water partition coefficient (Wildman–Crippen LogP) is 5.36. The summed E-state index contributed by atoms with van der Waals surface area (Å²) in [5.41, 5.74) is 6.50. The number of carbonyl (C=O) groups is 2. The Balaban J connectivity index is 1.94. The van der Waals surface area contributed by atoms with Gasteiger partial charge in [0.05, 0.1) is 26.3 Å². The number of benzene rings is 2. The Labute approximate surface area is 197 Å². The second kappa shape index (κ2) is 11.7. The molecule has 2 aromatic rings. The zero-order chi connectivity index (χ0) is 23.8.